The third kappa shape index (κ3) is 4.23. The molecule has 2 nitrogen and oxygen atoms in total. The van der Waals surface area contributed by atoms with Crippen LogP contribution in [0.2, 0.25) is 0 Å². The molecule has 0 unspecified atom stereocenters. The first-order valence-corrected chi connectivity index (χ1v) is 7.36. The number of rotatable bonds is 7. The molecule has 88 valence electrons. The van der Waals surface area contributed by atoms with E-state index in [-0.39, 0.29) is 5.91 Å². The Morgan fingerprint density at radius 2 is 2.20 bits per heavy atom. The molecule has 1 rings (SSSR count). The molecule has 0 aromatic heterocycles. The second-order valence-electron chi connectivity index (χ2n) is 4.16. The number of carbonyl (C=O) groups excluding carboxylic acids is 1. The zero-order valence-corrected chi connectivity index (χ0v) is 10.9. The lowest BCUT2D eigenvalue weighted by atomic mass is 9.84. The second-order valence-corrected chi connectivity index (χ2v) is 5.82. The summed E-state index contributed by atoms with van der Waals surface area (Å²) in [5.41, 5.74) is 0. The molecule has 1 fully saturated rings. The van der Waals surface area contributed by atoms with Gasteiger partial charge >= 0.3 is 0 Å². The molecule has 0 radical (unpaired) electrons. The normalized spacial score (nSPS) is 18.3. The van der Waals surface area contributed by atoms with Crippen molar-refractivity contribution in [2.45, 2.75) is 43.3 Å². The molecule has 0 aromatic carbocycles. The fourth-order valence-electron chi connectivity index (χ4n) is 1.75. The molecule has 0 heterocycles. The van der Waals surface area contributed by atoms with Crippen LogP contribution in [0.1, 0.15) is 38.5 Å². The lowest BCUT2D eigenvalue weighted by molar-refractivity contribution is -0.121. The van der Waals surface area contributed by atoms with E-state index in [2.05, 4.69) is 11.6 Å². The predicted molar refractivity (Wildman–Crippen MR) is 67.7 cm³/mol. The zero-order valence-electron chi connectivity index (χ0n) is 9.35. The summed E-state index contributed by atoms with van der Waals surface area (Å²) in [6.45, 7) is 0.841. The summed E-state index contributed by atoms with van der Waals surface area (Å²) in [7, 11) is 0. The number of unbranched alkanes of at least 4 members (excludes halogenated alkanes) is 1. The summed E-state index contributed by atoms with van der Waals surface area (Å²) in [5, 5.41) is 3.03. The monoisotopic (exact) mass is 249 g/mol. The van der Waals surface area contributed by atoms with Crippen molar-refractivity contribution in [3.05, 3.63) is 0 Å². The largest absolute Gasteiger partial charge is 0.355 e. The van der Waals surface area contributed by atoms with Crippen molar-refractivity contribution < 1.29 is 4.79 Å². The van der Waals surface area contributed by atoms with Gasteiger partial charge in [-0.15, -0.1) is 11.6 Å². The Balaban J connectivity index is 2.10. The fourth-order valence-corrected chi connectivity index (χ4v) is 2.85. The van der Waals surface area contributed by atoms with Crippen LogP contribution in [0.3, 0.4) is 0 Å². The molecular formula is C11H20ClNOS. The maximum atomic E-state index is 11.5. The topological polar surface area (TPSA) is 29.1 Å². The van der Waals surface area contributed by atoms with Crippen LogP contribution in [-0.4, -0.2) is 29.3 Å². The standard InChI is InChI=1S/C11H20ClNOS/c1-15-11(6-4-7-11)9-13-10(14)5-2-3-8-12/h2-9H2,1H3,(H,13,14). The first-order chi connectivity index (χ1) is 7.22. The summed E-state index contributed by atoms with van der Waals surface area (Å²) < 4.78 is 0.349. The SMILES string of the molecule is CSC1(CNC(=O)CCCCCl)CCC1. The molecule has 0 aliphatic heterocycles. The van der Waals surface area contributed by atoms with E-state index in [0.29, 0.717) is 17.0 Å². The Kier molecular flexibility index (Phi) is 5.83. The minimum Gasteiger partial charge on any atom is -0.355 e. The molecule has 0 saturated heterocycles. The summed E-state index contributed by atoms with van der Waals surface area (Å²) in [6, 6.07) is 0. The lowest BCUT2D eigenvalue weighted by Crippen LogP contribution is -2.45. The highest BCUT2D eigenvalue weighted by Gasteiger charge is 2.36. The van der Waals surface area contributed by atoms with E-state index >= 15 is 0 Å². The molecule has 1 aliphatic carbocycles. The van der Waals surface area contributed by atoms with Gasteiger partial charge in [-0.3, -0.25) is 4.79 Å². The van der Waals surface area contributed by atoms with Gasteiger partial charge in [0.05, 0.1) is 0 Å². The molecule has 15 heavy (non-hydrogen) atoms. The van der Waals surface area contributed by atoms with Crippen LogP contribution in [0.25, 0.3) is 0 Å². The van der Waals surface area contributed by atoms with Crippen molar-refractivity contribution in [1.29, 1.82) is 0 Å². The van der Waals surface area contributed by atoms with E-state index in [1.165, 1.54) is 19.3 Å². The van der Waals surface area contributed by atoms with Crippen LogP contribution in [0, 0.1) is 0 Å². The van der Waals surface area contributed by atoms with Gasteiger partial charge in [-0.2, -0.15) is 11.8 Å². The molecule has 0 bridgehead atoms. The smallest absolute Gasteiger partial charge is 0.220 e. The number of nitrogens with one attached hydrogen (secondary N) is 1. The van der Waals surface area contributed by atoms with Crippen molar-refractivity contribution in [2.24, 2.45) is 0 Å². The van der Waals surface area contributed by atoms with Gasteiger partial charge in [0.1, 0.15) is 0 Å². The van der Waals surface area contributed by atoms with Crippen molar-refractivity contribution in [3.63, 3.8) is 0 Å². The predicted octanol–water partition coefficient (Wildman–Crippen LogP) is 2.80. The minimum atomic E-state index is 0.181. The maximum Gasteiger partial charge on any atom is 0.220 e. The molecular weight excluding hydrogens is 230 g/mol. The number of halogens is 1. The van der Waals surface area contributed by atoms with Gasteiger partial charge in [0.25, 0.3) is 0 Å². The van der Waals surface area contributed by atoms with Gasteiger partial charge < -0.3 is 5.32 Å². The first-order valence-electron chi connectivity index (χ1n) is 5.60. The van der Waals surface area contributed by atoms with E-state index in [9.17, 15) is 4.79 Å². The van der Waals surface area contributed by atoms with Crippen LogP contribution in [0.4, 0.5) is 0 Å². The van der Waals surface area contributed by atoms with Gasteiger partial charge in [0.15, 0.2) is 0 Å². The Hall–Kier alpha value is 0.110. The number of hydrogen-bond donors (Lipinski definition) is 1. The molecule has 1 saturated carbocycles. The van der Waals surface area contributed by atoms with Crippen molar-refractivity contribution in [1.82, 2.24) is 5.32 Å². The average Bonchev–Trinajstić information content (AvgIpc) is 2.17. The number of thioether (sulfide) groups is 1. The van der Waals surface area contributed by atoms with Crippen molar-refractivity contribution in [2.75, 3.05) is 18.7 Å². The third-order valence-corrected chi connectivity index (χ3v) is 4.78. The molecule has 0 spiro atoms. The fraction of sp³-hybridized carbons (Fsp3) is 0.909. The Morgan fingerprint density at radius 3 is 2.67 bits per heavy atom. The van der Waals surface area contributed by atoms with Crippen LogP contribution >= 0.6 is 23.4 Å². The van der Waals surface area contributed by atoms with Crippen LogP contribution in [0.5, 0.6) is 0 Å². The summed E-state index contributed by atoms with van der Waals surface area (Å²) >= 11 is 7.45. The number of alkyl halides is 1. The van der Waals surface area contributed by atoms with Gasteiger partial charge in [0.2, 0.25) is 5.91 Å². The molecule has 1 amide bonds. The Morgan fingerprint density at radius 1 is 1.47 bits per heavy atom. The highest BCUT2D eigenvalue weighted by molar-refractivity contribution is 8.00. The van der Waals surface area contributed by atoms with E-state index in [4.69, 9.17) is 11.6 Å². The van der Waals surface area contributed by atoms with E-state index in [1.807, 2.05) is 11.8 Å². The number of hydrogen-bond acceptors (Lipinski definition) is 2. The maximum absolute atomic E-state index is 11.5. The minimum absolute atomic E-state index is 0.181. The first kappa shape index (κ1) is 13.2. The Bertz CT molecular complexity index is 201. The van der Waals surface area contributed by atoms with E-state index < -0.39 is 0 Å². The van der Waals surface area contributed by atoms with Crippen molar-refractivity contribution >= 4 is 29.3 Å². The van der Waals surface area contributed by atoms with Gasteiger partial charge in [-0.05, 0) is 31.9 Å². The van der Waals surface area contributed by atoms with Gasteiger partial charge in [-0.1, -0.05) is 6.42 Å². The van der Waals surface area contributed by atoms with Crippen molar-refractivity contribution in [3.8, 4) is 0 Å². The molecule has 4 heteroatoms. The molecule has 0 aromatic rings. The lowest BCUT2D eigenvalue weighted by Gasteiger charge is -2.40. The van der Waals surface area contributed by atoms with E-state index in [0.717, 1.165) is 19.4 Å². The summed E-state index contributed by atoms with van der Waals surface area (Å²) in [4.78, 5) is 11.5. The van der Waals surface area contributed by atoms with Gasteiger partial charge in [0, 0.05) is 23.6 Å². The van der Waals surface area contributed by atoms with Crippen LogP contribution in [0.15, 0.2) is 0 Å². The Labute approximate surface area is 102 Å². The van der Waals surface area contributed by atoms with Crippen LogP contribution < -0.4 is 5.32 Å². The van der Waals surface area contributed by atoms with E-state index in [1.54, 1.807) is 0 Å². The molecule has 0 atom stereocenters. The van der Waals surface area contributed by atoms with Crippen LogP contribution in [-0.2, 0) is 4.79 Å². The summed E-state index contributed by atoms with van der Waals surface area (Å²) in [5.74, 6) is 0.836. The summed E-state index contributed by atoms with van der Waals surface area (Å²) in [6.07, 6.45) is 8.40. The van der Waals surface area contributed by atoms with Gasteiger partial charge in [-0.25, -0.2) is 0 Å². The molecule has 1 N–H and O–H groups in total. The number of carbonyl (C=O) groups is 1. The quantitative estimate of drug-likeness (QED) is 0.555. The zero-order chi connectivity index (χ0) is 11.1. The highest BCUT2D eigenvalue weighted by atomic mass is 35.5. The second kappa shape index (κ2) is 6.64. The third-order valence-electron chi connectivity index (χ3n) is 3.09. The number of amides is 1. The average molecular weight is 250 g/mol. The highest BCUT2D eigenvalue weighted by Crippen LogP contribution is 2.42. The molecule has 1 aliphatic rings.